The van der Waals surface area contributed by atoms with Crippen LogP contribution in [0.5, 0.6) is 0 Å². The smallest absolute Gasteiger partial charge is 0.247 e. The predicted octanol–water partition coefficient (Wildman–Crippen LogP) is 2.71. The summed E-state index contributed by atoms with van der Waals surface area (Å²) in [5.41, 5.74) is 2.08. The van der Waals surface area contributed by atoms with Crippen molar-refractivity contribution >= 4 is 23.3 Å². The van der Waals surface area contributed by atoms with Crippen LogP contribution >= 0.6 is 0 Å². The number of carbonyl (C=O) groups excluding carboxylic acids is 2. The zero-order valence-corrected chi connectivity index (χ0v) is 20.0. The van der Waals surface area contributed by atoms with E-state index >= 15 is 0 Å². The number of amidine groups is 1. The number of fused-ring (bicyclic) bond motifs is 3. The number of benzene rings is 2. The van der Waals surface area contributed by atoms with Crippen molar-refractivity contribution in [1.82, 2.24) is 15.5 Å². The molecule has 6 rings (SSSR count). The van der Waals surface area contributed by atoms with Crippen LogP contribution in [0.4, 0.5) is 14.5 Å². The molecule has 2 atom stereocenters. The van der Waals surface area contributed by atoms with Crippen LogP contribution in [0.15, 0.2) is 47.5 Å². The summed E-state index contributed by atoms with van der Waals surface area (Å²) in [6.07, 6.45) is 3.22. The van der Waals surface area contributed by atoms with Crippen molar-refractivity contribution in [3.05, 3.63) is 65.2 Å². The third kappa shape index (κ3) is 3.95. The van der Waals surface area contributed by atoms with Crippen LogP contribution in [0.2, 0.25) is 0 Å². The molecule has 4 aliphatic rings. The molecule has 2 aromatic carbocycles. The van der Waals surface area contributed by atoms with Gasteiger partial charge in [-0.05, 0) is 61.1 Å². The molecule has 3 heterocycles. The highest BCUT2D eigenvalue weighted by atomic mass is 19.2. The number of nitrogens with zero attached hydrogens (tertiary/aromatic N) is 3. The van der Waals surface area contributed by atoms with Gasteiger partial charge >= 0.3 is 0 Å². The summed E-state index contributed by atoms with van der Waals surface area (Å²) in [7, 11) is 0. The Bertz CT molecular complexity index is 1230. The number of nitrogens with one attached hydrogen (secondary N) is 2. The van der Waals surface area contributed by atoms with Gasteiger partial charge in [0.1, 0.15) is 11.4 Å². The maximum atomic E-state index is 13.9. The predicted molar refractivity (Wildman–Crippen MR) is 132 cm³/mol. The quantitative estimate of drug-likeness (QED) is 0.690. The van der Waals surface area contributed by atoms with E-state index in [0.29, 0.717) is 51.3 Å². The molecule has 2 saturated heterocycles. The lowest BCUT2D eigenvalue weighted by Crippen LogP contribution is -2.57. The molecule has 3 aliphatic heterocycles. The average molecular weight is 494 g/mol. The van der Waals surface area contributed by atoms with Crippen LogP contribution in [0.1, 0.15) is 42.7 Å². The number of para-hydroxylation sites is 1. The van der Waals surface area contributed by atoms with Gasteiger partial charge in [0.05, 0.1) is 19.3 Å². The van der Waals surface area contributed by atoms with Gasteiger partial charge in [-0.2, -0.15) is 0 Å². The summed E-state index contributed by atoms with van der Waals surface area (Å²) >= 11 is 0. The van der Waals surface area contributed by atoms with E-state index in [9.17, 15) is 18.4 Å². The highest BCUT2D eigenvalue weighted by Gasteiger charge is 2.50. The molecule has 188 valence electrons. The van der Waals surface area contributed by atoms with Crippen LogP contribution in [0.3, 0.4) is 0 Å². The molecule has 7 nitrogen and oxygen atoms in total. The van der Waals surface area contributed by atoms with Gasteiger partial charge < -0.3 is 15.5 Å². The summed E-state index contributed by atoms with van der Waals surface area (Å²) < 4.78 is 27.5. The Morgan fingerprint density at radius 2 is 1.89 bits per heavy atom. The number of hydrogen-bond donors (Lipinski definition) is 2. The maximum Gasteiger partial charge on any atom is 0.247 e. The Hall–Kier alpha value is -3.33. The number of aliphatic imine (C=N–C) groups is 1. The molecule has 1 spiro atoms. The van der Waals surface area contributed by atoms with Crippen molar-refractivity contribution in [2.75, 3.05) is 31.2 Å². The normalized spacial score (nSPS) is 24.8. The third-order valence-electron chi connectivity index (χ3n) is 8.23. The highest BCUT2D eigenvalue weighted by molar-refractivity contribution is 6.00. The molecule has 2 amide bonds. The van der Waals surface area contributed by atoms with Gasteiger partial charge in [-0.15, -0.1) is 0 Å². The SMILES string of the molecule is O=C(CN1CCC2(CC1)C(=O)NCN2c1ccccc1)NC1=N[C@@H]2CCc3cc(F)c(F)cc3[C@@H]2C1. The summed E-state index contributed by atoms with van der Waals surface area (Å²) in [5, 5.41) is 5.96. The van der Waals surface area contributed by atoms with Crippen LogP contribution < -0.4 is 15.5 Å². The van der Waals surface area contributed by atoms with Crippen molar-refractivity contribution < 1.29 is 18.4 Å². The molecule has 1 aliphatic carbocycles. The molecule has 0 radical (unpaired) electrons. The molecule has 0 aromatic heterocycles. The van der Waals surface area contributed by atoms with Gasteiger partial charge in [0, 0.05) is 31.1 Å². The Morgan fingerprint density at radius 1 is 1.14 bits per heavy atom. The first kappa shape index (κ1) is 23.1. The van der Waals surface area contributed by atoms with Crippen LogP contribution in [-0.2, 0) is 16.0 Å². The van der Waals surface area contributed by atoms with E-state index in [-0.39, 0.29) is 30.3 Å². The van der Waals surface area contributed by atoms with E-state index in [1.54, 1.807) is 0 Å². The van der Waals surface area contributed by atoms with Crippen LogP contribution in [0.25, 0.3) is 0 Å². The van der Waals surface area contributed by atoms with Crippen molar-refractivity contribution in [2.24, 2.45) is 4.99 Å². The van der Waals surface area contributed by atoms with E-state index < -0.39 is 17.2 Å². The summed E-state index contributed by atoms with van der Waals surface area (Å²) in [5.74, 6) is -1.15. The fourth-order valence-electron chi connectivity index (χ4n) is 6.34. The average Bonchev–Trinajstić information content (AvgIpc) is 3.43. The van der Waals surface area contributed by atoms with Crippen LogP contribution in [-0.4, -0.2) is 60.4 Å². The second-order valence-corrected chi connectivity index (χ2v) is 10.2. The van der Waals surface area contributed by atoms with Gasteiger partial charge in [-0.3, -0.25) is 19.5 Å². The second-order valence-electron chi connectivity index (χ2n) is 10.2. The number of likely N-dealkylation sites (tertiary alicyclic amines) is 1. The monoisotopic (exact) mass is 493 g/mol. The lowest BCUT2D eigenvalue weighted by molar-refractivity contribution is -0.125. The minimum absolute atomic E-state index is 0.0163. The Balaban J connectivity index is 1.06. The van der Waals surface area contributed by atoms with Gasteiger partial charge in [-0.1, -0.05) is 18.2 Å². The van der Waals surface area contributed by atoms with Gasteiger partial charge in [0.15, 0.2) is 11.6 Å². The molecule has 0 bridgehead atoms. The summed E-state index contributed by atoms with van der Waals surface area (Å²) in [6, 6.07) is 12.5. The molecule has 2 aromatic rings. The topological polar surface area (TPSA) is 77.0 Å². The number of piperidine rings is 1. The first-order valence-electron chi connectivity index (χ1n) is 12.6. The Kier molecular flexibility index (Phi) is 5.75. The molecule has 2 N–H and O–H groups in total. The standard InChI is InChI=1S/C27H29F2N5O2/c28-21-12-17-6-7-23-20(19(17)13-22(21)29)14-24(31-23)32-25(35)15-33-10-8-27(9-11-33)26(36)30-16-34(27)18-4-2-1-3-5-18/h1-5,12-13,20,23H,6-11,14-16H2,(H,30,36)(H,31,32,35)/t20-,23+/m0/s1. The lowest BCUT2D eigenvalue weighted by atomic mass is 9.79. The van der Waals surface area contributed by atoms with E-state index in [4.69, 9.17) is 4.99 Å². The molecular formula is C27H29F2N5O2. The third-order valence-corrected chi connectivity index (χ3v) is 8.23. The van der Waals surface area contributed by atoms with Gasteiger partial charge in [0.25, 0.3) is 0 Å². The molecule has 36 heavy (non-hydrogen) atoms. The number of amides is 2. The Morgan fingerprint density at radius 3 is 2.67 bits per heavy atom. The number of carbonyl (C=O) groups is 2. The van der Waals surface area contributed by atoms with E-state index in [0.717, 1.165) is 23.2 Å². The first-order chi connectivity index (χ1) is 17.4. The zero-order chi connectivity index (χ0) is 24.9. The molecule has 0 unspecified atom stereocenters. The first-order valence-corrected chi connectivity index (χ1v) is 12.6. The number of halogens is 2. The molecule has 9 heteroatoms. The minimum Gasteiger partial charge on any atom is -0.339 e. The Labute approximate surface area is 208 Å². The molecule has 0 saturated carbocycles. The fraction of sp³-hybridized carbons (Fsp3) is 0.444. The van der Waals surface area contributed by atoms with Gasteiger partial charge in [0.2, 0.25) is 11.8 Å². The van der Waals surface area contributed by atoms with E-state index in [1.807, 2.05) is 30.3 Å². The summed E-state index contributed by atoms with van der Waals surface area (Å²) in [4.78, 5) is 34.6. The largest absolute Gasteiger partial charge is 0.339 e. The van der Waals surface area contributed by atoms with Crippen molar-refractivity contribution in [2.45, 2.75) is 49.6 Å². The number of aryl methyl sites for hydroxylation is 1. The minimum atomic E-state index is -0.837. The molecule has 2 fully saturated rings. The number of rotatable bonds is 3. The second kappa shape index (κ2) is 8.96. The fourth-order valence-corrected chi connectivity index (χ4v) is 6.34. The highest BCUT2D eigenvalue weighted by Crippen LogP contribution is 2.40. The molecular weight excluding hydrogens is 464 g/mol. The van der Waals surface area contributed by atoms with Crippen molar-refractivity contribution in [3.8, 4) is 0 Å². The van der Waals surface area contributed by atoms with Crippen LogP contribution in [0, 0.1) is 11.6 Å². The van der Waals surface area contributed by atoms with E-state index in [2.05, 4.69) is 20.4 Å². The van der Waals surface area contributed by atoms with Crippen molar-refractivity contribution in [3.63, 3.8) is 0 Å². The zero-order valence-electron chi connectivity index (χ0n) is 20.0. The number of hydrogen-bond acceptors (Lipinski definition) is 5. The van der Waals surface area contributed by atoms with Gasteiger partial charge in [-0.25, -0.2) is 8.78 Å². The number of anilines is 1. The summed E-state index contributed by atoms with van der Waals surface area (Å²) in [6.45, 7) is 2.00. The van der Waals surface area contributed by atoms with Crippen molar-refractivity contribution in [1.29, 1.82) is 0 Å². The maximum absolute atomic E-state index is 13.9. The van der Waals surface area contributed by atoms with E-state index in [1.165, 1.54) is 12.1 Å². The lowest BCUT2D eigenvalue weighted by Gasteiger charge is -2.43.